The summed E-state index contributed by atoms with van der Waals surface area (Å²) in [6, 6.07) is 11.2. The van der Waals surface area contributed by atoms with Gasteiger partial charge in [-0.15, -0.1) is 0 Å². The molecule has 130 valence electrons. The van der Waals surface area contributed by atoms with Gasteiger partial charge in [-0.2, -0.15) is 0 Å². The van der Waals surface area contributed by atoms with E-state index in [0.717, 1.165) is 25.9 Å². The number of hydrogen-bond acceptors (Lipinski definition) is 3. The maximum absolute atomic E-state index is 13.0. The van der Waals surface area contributed by atoms with Crippen molar-refractivity contribution in [2.24, 2.45) is 5.92 Å². The standard InChI is InChI=1S/C20H29N3O/c24-20(19-17-9-5-2-6-10-18(17)21-22-19)23-13-11-16(12-14-23)15-7-3-1-4-8-15/h1,3-4,7-8,16-19,21-22H,2,5-6,9-14H2. The van der Waals surface area contributed by atoms with Gasteiger partial charge in [0.25, 0.3) is 0 Å². The molecule has 1 aliphatic carbocycles. The molecule has 3 aliphatic rings. The Bertz CT molecular complexity index is 553. The smallest absolute Gasteiger partial charge is 0.241 e. The molecule has 2 saturated heterocycles. The Morgan fingerprint density at radius 3 is 2.46 bits per heavy atom. The third-order valence-corrected chi connectivity index (χ3v) is 6.27. The molecule has 1 saturated carbocycles. The van der Waals surface area contributed by atoms with Gasteiger partial charge in [0.2, 0.25) is 5.91 Å². The number of hydrazine groups is 1. The zero-order valence-corrected chi connectivity index (χ0v) is 14.4. The zero-order chi connectivity index (χ0) is 16.4. The Labute approximate surface area is 145 Å². The summed E-state index contributed by atoms with van der Waals surface area (Å²) in [7, 11) is 0. The van der Waals surface area contributed by atoms with Crippen molar-refractivity contribution in [3.05, 3.63) is 35.9 Å². The second kappa shape index (κ2) is 7.24. The predicted molar refractivity (Wildman–Crippen MR) is 95.4 cm³/mol. The fourth-order valence-electron chi connectivity index (χ4n) is 4.82. The summed E-state index contributed by atoms with van der Waals surface area (Å²) >= 11 is 0. The van der Waals surface area contributed by atoms with Gasteiger partial charge >= 0.3 is 0 Å². The molecule has 2 N–H and O–H groups in total. The third kappa shape index (κ3) is 3.22. The number of benzene rings is 1. The Morgan fingerprint density at radius 2 is 1.67 bits per heavy atom. The summed E-state index contributed by atoms with van der Waals surface area (Å²) in [6.45, 7) is 1.79. The van der Waals surface area contributed by atoms with Gasteiger partial charge in [0.15, 0.2) is 0 Å². The highest BCUT2D eigenvalue weighted by atomic mass is 16.2. The number of carbonyl (C=O) groups is 1. The average molecular weight is 327 g/mol. The van der Waals surface area contributed by atoms with E-state index in [2.05, 4.69) is 46.1 Å². The van der Waals surface area contributed by atoms with E-state index in [0.29, 0.717) is 23.8 Å². The fraction of sp³-hybridized carbons (Fsp3) is 0.650. The summed E-state index contributed by atoms with van der Waals surface area (Å²) in [5, 5.41) is 0. The molecule has 0 aromatic heterocycles. The molecule has 4 rings (SSSR count). The van der Waals surface area contributed by atoms with E-state index in [-0.39, 0.29) is 6.04 Å². The maximum Gasteiger partial charge on any atom is 0.241 e. The van der Waals surface area contributed by atoms with Gasteiger partial charge in [0, 0.05) is 25.0 Å². The summed E-state index contributed by atoms with van der Waals surface area (Å²) in [5.41, 5.74) is 8.16. The molecule has 4 heteroatoms. The van der Waals surface area contributed by atoms with Crippen LogP contribution in [0, 0.1) is 5.92 Å². The van der Waals surface area contributed by atoms with Crippen molar-refractivity contribution < 1.29 is 4.79 Å². The quantitative estimate of drug-likeness (QED) is 0.878. The SMILES string of the molecule is O=C(C1NNC2CCCCCC21)N1CCC(c2ccccc2)CC1. The molecule has 2 heterocycles. The van der Waals surface area contributed by atoms with Crippen LogP contribution in [0.25, 0.3) is 0 Å². The lowest BCUT2D eigenvalue weighted by molar-refractivity contribution is -0.135. The van der Waals surface area contributed by atoms with Crippen LogP contribution in [0.15, 0.2) is 30.3 Å². The molecule has 3 unspecified atom stereocenters. The van der Waals surface area contributed by atoms with Gasteiger partial charge in [-0.1, -0.05) is 49.6 Å². The van der Waals surface area contributed by atoms with E-state index in [1.165, 1.54) is 37.7 Å². The number of rotatable bonds is 2. The van der Waals surface area contributed by atoms with Crippen molar-refractivity contribution in [2.75, 3.05) is 13.1 Å². The molecule has 3 atom stereocenters. The van der Waals surface area contributed by atoms with Gasteiger partial charge in [-0.25, -0.2) is 5.43 Å². The van der Waals surface area contributed by atoms with Gasteiger partial charge < -0.3 is 4.90 Å². The number of likely N-dealkylation sites (tertiary alicyclic amines) is 1. The van der Waals surface area contributed by atoms with Gasteiger partial charge in [0.05, 0.1) is 0 Å². The first kappa shape index (κ1) is 16.1. The van der Waals surface area contributed by atoms with E-state index in [9.17, 15) is 4.79 Å². The second-order valence-corrected chi connectivity index (χ2v) is 7.68. The van der Waals surface area contributed by atoms with Gasteiger partial charge in [-0.3, -0.25) is 10.2 Å². The van der Waals surface area contributed by atoms with Crippen molar-refractivity contribution in [3.8, 4) is 0 Å². The fourth-order valence-corrected chi connectivity index (χ4v) is 4.82. The van der Waals surface area contributed by atoms with Crippen LogP contribution in [0.2, 0.25) is 0 Å². The summed E-state index contributed by atoms with van der Waals surface area (Å²) < 4.78 is 0. The molecule has 3 fully saturated rings. The molecule has 2 aliphatic heterocycles. The molecular formula is C20H29N3O. The molecule has 1 aromatic rings. The second-order valence-electron chi connectivity index (χ2n) is 7.68. The number of amides is 1. The van der Waals surface area contributed by atoms with E-state index in [4.69, 9.17) is 0 Å². The Hall–Kier alpha value is -1.39. The minimum absolute atomic E-state index is 0.0126. The van der Waals surface area contributed by atoms with Crippen molar-refractivity contribution >= 4 is 5.91 Å². The minimum atomic E-state index is -0.0126. The van der Waals surface area contributed by atoms with Crippen molar-refractivity contribution in [2.45, 2.75) is 62.9 Å². The van der Waals surface area contributed by atoms with Crippen LogP contribution in [0.1, 0.15) is 56.4 Å². The monoisotopic (exact) mass is 327 g/mol. The van der Waals surface area contributed by atoms with Crippen LogP contribution < -0.4 is 10.9 Å². The van der Waals surface area contributed by atoms with Crippen LogP contribution >= 0.6 is 0 Å². The van der Waals surface area contributed by atoms with Crippen molar-refractivity contribution in [1.82, 2.24) is 15.8 Å². The predicted octanol–water partition coefficient (Wildman–Crippen LogP) is 2.82. The number of fused-ring (bicyclic) bond motifs is 1. The van der Waals surface area contributed by atoms with E-state index < -0.39 is 0 Å². The largest absolute Gasteiger partial charge is 0.341 e. The van der Waals surface area contributed by atoms with Crippen LogP contribution in [-0.2, 0) is 4.79 Å². The minimum Gasteiger partial charge on any atom is -0.341 e. The Balaban J connectivity index is 1.36. The highest BCUT2D eigenvalue weighted by Gasteiger charge is 2.42. The lowest BCUT2D eigenvalue weighted by Gasteiger charge is -2.35. The number of carbonyl (C=O) groups excluding carboxylic acids is 1. The summed E-state index contributed by atoms with van der Waals surface area (Å²) in [6.07, 6.45) is 8.44. The zero-order valence-electron chi connectivity index (χ0n) is 14.4. The van der Waals surface area contributed by atoms with Crippen LogP contribution in [0.5, 0.6) is 0 Å². The number of nitrogens with one attached hydrogen (secondary N) is 2. The third-order valence-electron chi connectivity index (χ3n) is 6.27. The molecule has 4 nitrogen and oxygen atoms in total. The molecule has 1 aromatic carbocycles. The number of nitrogens with zero attached hydrogens (tertiary/aromatic N) is 1. The molecule has 0 bridgehead atoms. The van der Waals surface area contributed by atoms with Crippen LogP contribution in [-0.4, -0.2) is 36.0 Å². The Kier molecular flexibility index (Phi) is 4.86. The number of hydrogen-bond donors (Lipinski definition) is 2. The lowest BCUT2D eigenvalue weighted by atomic mass is 9.87. The average Bonchev–Trinajstić information content (AvgIpc) is 2.90. The van der Waals surface area contributed by atoms with Gasteiger partial charge in [-0.05, 0) is 37.2 Å². The molecule has 24 heavy (non-hydrogen) atoms. The van der Waals surface area contributed by atoms with Crippen LogP contribution in [0.4, 0.5) is 0 Å². The van der Waals surface area contributed by atoms with E-state index in [1.807, 2.05) is 0 Å². The summed E-state index contributed by atoms with van der Waals surface area (Å²) in [5.74, 6) is 1.41. The molecular weight excluding hydrogens is 298 g/mol. The number of piperidine rings is 1. The van der Waals surface area contributed by atoms with E-state index in [1.54, 1.807) is 0 Å². The first-order valence-corrected chi connectivity index (χ1v) is 9.68. The maximum atomic E-state index is 13.0. The van der Waals surface area contributed by atoms with Gasteiger partial charge in [0.1, 0.15) is 6.04 Å². The topological polar surface area (TPSA) is 44.4 Å². The molecule has 0 spiro atoms. The van der Waals surface area contributed by atoms with E-state index >= 15 is 0 Å². The molecule has 0 radical (unpaired) electrons. The normalized spacial score (nSPS) is 31.5. The lowest BCUT2D eigenvalue weighted by Crippen LogP contribution is -2.50. The highest BCUT2D eigenvalue weighted by molar-refractivity contribution is 5.82. The molecule has 1 amide bonds. The highest BCUT2D eigenvalue weighted by Crippen LogP contribution is 2.32. The van der Waals surface area contributed by atoms with Crippen molar-refractivity contribution in [3.63, 3.8) is 0 Å². The summed E-state index contributed by atoms with van der Waals surface area (Å²) in [4.78, 5) is 15.1. The van der Waals surface area contributed by atoms with Crippen LogP contribution in [0.3, 0.4) is 0 Å². The van der Waals surface area contributed by atoms with Crippen molar-refractivity contribution in [1.29, 1.82) is 0 Å². The Morgan fingerprint density at radius 1 is 0.917 bits per heavy atom. The first-order valence-electron chi connectivity index (χ1n) is 9.68. The first-order chi connectivity index (χ1) is 11.8.